The lowest BCUT2D eigenvalue weighted by molar-refractivity contribution is -0.107. The monoisotopic (exact) mass is 331 g/mol. The van der Waals surface area contributed by atoms with Crippen molar-refractivity contribution in [2.24, 2.45) is 0 Å². The van der Waals surface area contributed by atoms with Gasteiger partial charge >= 0.3 is 0 Å². The van der Waals surface area contributed by atoms with Crippen LogP contribution in [0.2, 0.25) is 0 Å². The molecule has 0 unspecified atom stereocenters. The molecule has 0 atom stereocenters. The van der Waals surface area contributed by atoms with E-state index in [-0.39, 0.29) is 18.4 Å². The van der Waals surface area contributed by atoms with Gasteiger partial charge in [-0.15, -0.1) is 0 Å². The summed E-state index contributed by atoms with van der Waals surface area (Å²) in [5, 5.41) is 2.47. The highest BCUT2D eigenvalue weighted by molar-refractivity contribution is 6.00. The molecule has 0 bridgehead atoms. The number of hydrogen-bond acceptors (Lipinski definition) is 4. The van der Waals surface area contributed by atoms with Crippen molar-refractivity contribution in [2.45, 2.75) is 19.3 Å². The third kappa shape index (κ3) is 5.16. The Morgan fingerprint density at radius 1 is 1.21 bits per heavy atom. The van der Waals surface area contributed by atoms with Crippen LogP contribution in [0.25, 0.3) is 0 Å². The maximum atomic E-state index is 12.5. The predicted molar refractivity (Wildman–Crippen MR) is 92.1 cm³/mol. The van der Waals surface area contributed by atoms with E-state index in [0.29, 0.717) is 24.0 Å². The number of likely N-dealkylation sites (tertiary alicyclic amines) is 1. The molecule has 1 aliphatic rings. The molecular weight excluding hydrogens is 306 g/mol. The number of nitrogens with zero attached hydrogens (tertiary/aromatic N) is 2. The topological polar surface area (TPSA) is 69.7 Å². The van der Waals surface area contributed by atoms with Crippen LogP contribution >= 0.6 is 0 Å². The van der Waals surface area contributed by atoms with Gasteiger partial charge in [-0.3, -0.25) is 9.59 Å². The van der Waals surface area contributed by atoms with Gasteiger partial charge in [0.15, 0.2) is 0 Å². The molecule has 0 spiro atoms. The zero-order valence-corrected chi connectivity index (χ0v) is 14.2. The minimum absolute atomic E-state index is 0.0350. The van der Waals surface area contributed by atoms with Gasteiger partial charge in [-0.25, -0.2) is 0 Å². The van der Waals surface area contributed by atoms with Gasteiger partial charge in [-0.2, -0.15) is 0 Å². The highest BCUT2D eigenvalue weighted by Crippen LogP contribution is 2.10. The summed E-state index contributed by atoms with van der Waals surface area (Å²) in [5.41, 5.74) is 0.863. The van der Waals surface area contributed by atoms with Crippen molar-refractivity contribution in [1.29, 1.82) is 0 Å². The van der Waals surface area contributed by atoms with Gasteiger partial charge in [-0.05, 0) is 44.1 Å². The number of carbonyl (C=O) groups is 3. The van der Waals surface area contributed by atoms with Crippen LogP contribution in [0, 0.1) is 0 Å². The van der Waals surface area contributed by atoms with Crippen molar-refractivity contribution in [1.82, 2.24) is 15.1 Å². The van der Waals surface area contributed by atoms with E-state index < -0.39 is 0 Å². The number of aldehydes is 1. The van der Waals surface area contributed by atoms with E-state index in [9.17, 15) is 14.4 Å². The van der Waals surface area contributed by atoms with Gasteiger partial charge in [0.25, 0.3) is 11.8 Å². The first kappa shape index (κ1) is 18.1. The minimum Gasteiger partial charge on any atom is -0.345 e. The number of amides is 2. The maximum absolute atomic E-state index is 12.5. The molecule has 1 aromatic carbocycles. The van der Waals surface area contributed by atoms with Gasteiger partial charge in [0, 0.05) is 31.3 Å². The van der Waals surface area contributed by atoms with Crippen molar-refractivity contribution in [3.05, 3.63) is 35.4 Å². The zero-order chi connectivity index (χ0) is 17.4. The minimum atomic E-state index is -0.354. The van der Waals surface area contributed by atoms with Crippen molar-refractivity contribution in [3.63, 3.8) is 0 Å². The third-order valence-corrected chi connectivity index (χ3v) is 4.26. The molecule has 1 aliphatic heterocycles. The van der Waals surface area contributed by atoms with Gasteiger partial charge in [0.1, 0.15) is 6.29 Å². The summed E-state index contributed by atoms with van der Waals surface area (Å²) >= 11 is 0. The molecule has 2 amide bonds. The molecule has 1 N–H and O–H groups in total. The quantitative estimate of drug-likeness (QED) is 0.762. The van der Waals surface area contributed by atoms with Crippen molar-refractivity contribution < 1.29 is 14.4 Å². The van der Waals surface area contributed by atoms with Crippen LogP contribution in [-0.2, 0) is 4.79 Å². The fourth-order valence-corrected chi connectivity index (χ4v) is 2.83. The second-order valence-electron chi connectivity index (χ2n) is 6.09. The van der Waals surface area contributed by atoms with Crippen LogP contribution in [0.5, 0.6) is 0 Å². The SMILES string of the molecule is CN(CCN1CCCCC1)C(=O)c1cccc(C(=O)NCC=O)c1. The van der Waals surface area contributed by atoms with Crippen LogP contribution in [0.15, 0.2) is 24.3 Å². The molecule has 130 valence electrons. The Balaban J connectivity index is 1.92. The molecule has 0 saturated carbocycles. The first-order valence-corrected chi connectivity index (χ1v) is 8.41. The summed E-state index contributed by atoms with van der Waals surface area (Å²) in [6.07, 6.45) is 4.39. The standard InChI is InChI=1S/C18H25N3O3/c1-20(11-12-21-9-3-2-4-10-21)18(24)16-7-5-6-15(14-16)17(23)19-8-13-22/h5-7,13-14H,2-4,8-12H2,1H3,(H,19,23). The molecule has 1 aromatic rings. The lowest BCUT2D eigenvalue weighted by atomic mass is 10.1. The molecule has 0 radical (unpaired) electrons. The first-order valence-electron chi connectivity index (χ1n) is 8.41. The van der Waals surface area contributed by atoms with E-state index >= 15 is 0 Å². The van der Waals surface area contributed by atoms with Gasteiger partial charge in [0.05, 0.1) is 6.54 Å². The number of hydrogen-bond donors (Lipinski definition) is 1. The number of benzene rings is 1. The highest BCUT2D eigenvalue weighted by atomic mass is 16.2. The van der Waals surface area contributed by atoms with Crippen molar-refractivity contribution in [2.75, 3.05) is 39.8 Å². The van der Waals surface area contributed by atoms with Crippen LogP contribution in [0.3, 0.4) is 0 Å². The number of piperidine rings is 1. The average Bonchev–Trinajstić information content (AvgIpc) is 2.64. The number of nitrogens with one attached hydrogen (secondary N) is 1. The average molecular weight is 331 g/mol. The molecule has 24 heavy (non-hydrogen) atoms. The van der Waals surface area contributed by atoms with Crippen molar-refractivity contribution in [3.8, 4) is 0 Å². The predicted octanol–water partition coefficient (Wildman–Crippen LogP) is 1.17. The van der Waals surface area contributed by atoms with E-state index in [0.717, 1.165) is 19.6 Å². The molecule has 0 aromatic heterocycles. The molecule has 6 heteroatoms. The molecule has 6 nitrogen and oxygen atoms in total. The Morgan fingerprint density at radius 3 is 2.62 bits per heavy atom. The Morgan fingerprint density at radius 2 is 1.92 bits per heavy atom. The fourth-order valence-electron chi connectivity index (χ4n) is 2.83. The van der Waals surface area contributed by atoms with Gasteiger partial charge in [-0.1, -0.05) is 12.5 Å². The molecular formula is C18H25N3O3. The van der Waals surface area contributed by atoms with Gasteiger partial charge < -0.3 is 19.9 Å². The Bertz CT molecular complexity index is 583. The van der Waals surface area contributed by atoms with Crippen molar-refractivity contribution >= 4 is 18.1 Å². The van der Waals surface area contributed by atoms with Crippen LogP contribution in [0.4, 0.5) is 0 Å². The van der Waals surface area contributed by atoms with Crippen LogP contribution in [-0.4, -0.2) is 67.7 Å². The first-order chi connectivity index (χ1) is 11.6. The van der Waals surface area contributed by atoms with E-state index in [1.54, 1.807) is 36.2 Å². The highest BCUT2D eigenvalue weighted by Gasteiger charge is 2.16. The number of likely N-dealkylation sites (N-methyl/N-ethyl adjacent to an activating group) is 1. The normalized spacial score (nSPS) is 14.9. The molecule has 0 aliphatic carbocycles. The van der Waals surface area contributed by atoms with Crippen LogP contribution < -0.4 is 5.32 Å². The summed E-state index contributed by atoms with van der Waals surface area (Å²) in [4.78, 5) is 38.8. The molecule has 2 rings (SSSR count). The summed E-state index contributed by atoms with van der Waals surface area (Å²) in [6, 6.07) is 6.59. The fraction of sp³-hybridized carbons (Fsp3) is 0.500. The summed E-state index contributed by atoms with van der Waals surface area (Å²) < 4.78 is 0. The summed E-state index contributed by atoms with van der Waals surface area (Å²) in [6.45, 7) is 3.72. The second kappa shape index (κ2) is 9.17. The maximum Gasteiger partial charge on any atom is 0.253 e. The smallest absolute Gasteiger partial charge is 0.253 e. The second-order valence-corrected chi connectivity index (χ2v) is 6.09. The lowest BCUT2D eigenvalue weighted by Crippen LogP contribution is -2.38. The van der Waals surface area contributed by atoms with Gasteiger partial charge in [0.2, 0.25) is 0 Å². The van der Waals surface area contributed by atoms with E-state index in [2.05, 4.69) is 10.2 Å². The van der Waals surface area contributed by atoms with E-state index in [1.165, 1.54) is 19.3 Å². The summed E-state index contributed by atoms with van der Waals surface area (Å²) in [7, 11) is 1.78. The largest absolute Gasteiger partial charge is 0.345 e. The Hall–Kier alpha value is -2.21. The van der Waals surface area contributed by atoms with E-state index in [1.807, 2.05) is 0 Å². The Kier molecular flexibility index (Phi) is 6.93. The molecule has 1 saturated heterocycles. The summed E-state index contributed by atoms with van der Waals surface area (Å²) in [5.74, 6) is -0.454. The molecule has 1 fully saturated rings. The number of rotatable bonds is 7. The zero-order valence-electron chi connectivity index (χ0n) is 14.2. The lowest BCUT2D eigenvalue weighted by Gasteiger charge is -2.28. The van der Waals surface area contributed by atoms with E-state index in [4.69, 9.17) is 0 Å². The molecule has 1 heterocycles. The number of carbonyl (C=O) groups excluding carboxylic acids is 3. The third-order valence-electron chi connectivity index (χ3n) is 4.26. The Labute approximate surface area is 142 Å². The van der Waals surface area contributed by atoms with Crippen LogP contribution in [0.1, 0.15) is 40.0 Å².